The minimum absolute atomic E-state index is 0.201. The van der Waals surface area contributed by atoms with E-state index in [0.29, 0.717) is 6.54 Å². The predicted molar refractivity (Wildman–Crippen MR) is 75.4 cm³/mol. The molecule has 0 bridgehead atoms. The molecule has 96 valence electrons. The summed E-state index contributed by atoms with van der Waals surface area (Å²) < 4.78 is 1.09. The molecule has 1 aliphatic heterocycles. The van der Waals surface area contributed by atoms with Crippen molar-refractivity contribution in [3.05, 3.63) is 27.3 Å². The van der Waals surface area contributed by atoms with Gasteiger partial charge in [-0.3, -0.25) is 9.59 Å². The molecule has 2 rings (SSSR count). The van der Waals surface area contributed by atoms with Gasteiger partial charge in [0.2, 0.25) is 5.91 Å². The summed E-state index contributed by atoms with van der Waals surface area (Å²) in [6.07, 6.45) is -0.201. The Kier molecular flexibility index (Phi) is 3.74. The number of anilines is 1. The van der Waals surface area contributed by atoms with E-state index < -0.39 is 12.0 Å². The molecule has 0 aliphatic carbocycles. The van der Waals surface area contributed by atoms with Gasteiger partial charge in [0.15, 0.2) is 0 Å². The summed E-state index contributed by atoms with van der Waals surface area (Å²) in [6, 6.07) is 5.20. The van der Waals surface area contributed by atoms with Crippen LogP contribution in [0.25, 0.3) is 0 Å². The van der Waals surface area contributed by atoms with E-state index >= 15 is 0 Å². The molecular formula is C12H13IN2O3. The number of rotatable bonds is 2. The highest BCUT2D eigenvalue weighted by atomic mass is 127. The van der Waals surface area contributed by atoms with E-state index in [4.69, 9.17) is 5.11 Å². The molecule has 5 nitrogen and oxygen atoms in total. The average Bonchev–Trinajstić information content (AvgIpc) is 2.41. The highest BCUT2D eigenvalue weighted by Crippen LogP contribution is 2.26. The number of nitrogens with zero attached hydrogens (tertiary/aromatic N) is 1. The molecule has 1 aromatic carbocycles. The zero-order valence-corrected chi connectivity index (χ0v) is 12.0. The molecular weight excluding hydrogens is 347 g/mol. The Labute approximate surface area is 118 Å². The average molecular weight is 360 g/mol. The Morgan fingerprint density at radius 3 is 3.00 bits per heavy atom. The van der Waals surface area contributed by atoms with Crippen molar-refractivity contribution in [2.75, 3.05) is 11.9 Å². The van der Waals surface area contributed by atoms with Crippen molar-refractivity contribution in [1.29, 1.82) is 0 Å². The third-order valence-electron chi connectivity index (χ3n) is 3.01. The van der Waals surface area contributed by atoms with E-state index in [9.17, 15) is 9.59 Å². The van der Waals surface area contributed by atoms with Gasteiger partial charge < -0.3 is 15.3 Å². The second-order valence-electron chi connectivity index (χ2n) is 4.22. The van der Waals surface area contributed by atoms with Crippen LogP contribution in [0.5, 0.6) is 0 Å². The van der Waals surface area contributed by atoms with Crippen LogP contribution >= 0.6 is 22.6 Å². The van der Waals surface area contributed by atoms with Crippen molar-refractivity contribution in [2.45, 2.75) is 19.0 Å². The molecule has 0 saturated heterocycles. The Bertz CT molecular complexity index is 504. The lowest BCUT2D eigenvalue weighted by Crippen LogP contribution is -2.44. The first-order valence-corrected chi connectivity index (χ1v) is 6.57. The molecule has 0 spiro atoms. The lowest BCUT2D eigenvalue weighted by atomic mass is 10.1. The monoisotopic (exact) mass is 360 g/mol. The molecule has 1 amide bonds. The van der Waals surface area contributed by atoms with E-state index in [-0.39, 0.29) is 12.3 Å². The van der Waals surface area contributed by atoms with E-state index in [2.05, 4.69) is 27.9 Å². The van der Waals surface area contributed by atoms with E-state index in [0.717, 1.165) is 14.8 Å². The summed E-state index contributed by atoms with van der Waals surface area (Å²) in [4.78, 5) is 24.5. The van der Waals surface area contributed by atoms with Crippen LogP contribution in [-0.2, 0) is 16.1 Å². The summed E-state index contributed by atoms with van der Waals surface area (Å²) in [7, 11) is 1.75. The number of carbonyl (C=O) groups is 2. The van der Waals surface area contributed by atoms with Crippen molar-refractivity contribution >= 4 is 40.2 Å². The fraction of sp³-hybridized carbons (Fsp3) is 0.333. The summed E-state index contributed by atoms with van der Waals surface area (Å²) in [5, 5.41) is 11.6. The maximum Gasteiger partial charge on any atom is 0.305 e. The Morgan fingerprint density at radius 1 is 1.61 bits per heavy atom. The van der Waals surface area contributed by atoms with Crippen LogP contribution in [-0.4, -0.2) is 30.1 Å². The number of amides is 1. The molecule has 0 fully saturated rings. The van der Waals surface area contributed by atoms with E-state index in [1.807, 2.05) is 18.2 Å². The highest BCUT2D eigenvalue weighted by molar-refractivity contribution is 14.1. The molecule has 2 N–H and O–H groups in total. The zero-order valence-electron chi connectivity index (χ0n) is 9.81. The smallest absolute Gasteiger partial charge is 0.305 e. The minimum atomic E-state index is -0.976. The quantitative estimate of drug-likeness (QED) is 0.778. The SMILES string of the molecule is CN1c2ccc(I)cc2CNC(=O)C1CC(=O)O. The van der Waals surface area contributed by atoms with Gasteiger partial charge in [0, 0.05) is 22.8 Å². The number of hydrogen-bond acceptors (Lipinski definition) is 3. The van der Waals surface area contributed by atoms with Crippen LogP contribution in [0.1, 0.15) is 12.0 Å². The molecule has 0 radical (unpaired) electrons. The van der Waals surface area contributed by atoms with Gasteiger partial charge in [0.25, 0.3) is 0 Å². The fourth-order valence-corrected chi connectivity index (χ4v) is 2.63. The first kappa shape index (κ1) is 13.1. The Balaban J connectivity index is 2.39. The van der Waals surface area contributed by atoms with Crippen molar-refractivity contribution in [1.82, 2.24) is 5.32 Å². The number of carbonyl (C=O) groups excluding carboxylic acids is 1. The van der Waals surface area contributed by atoms with Gasteiger partial charge in [0.1, 0.15) is 6.04 Å². The van der Waals surface area contributed by atoms with Crippen LogP contribution in [0.15, 0.2) is 18.2 Å². The normalized spacial score (nSPS) is 18.9. The standard InChI is InChI=1S/C12H13IN2O3/c1-15-9-3-2-8(13)4-7(9)6-14-12(18)10(15)5-11(16)17/h2-4,10H,5-6H2,1H3,(H,14,18)(H,16,17). The summed E-state index contributed by atoms with van der Waals surface area (Å²) in [5.41, 5.74) is 1.91. The van der Waals surface area contributed by atoms with Crippen LogP contribution < -0.4 is 10.2 Å². The molecule has 1 heterocycles. The number of carboxylic acids is 1. The summed E-state index contributed by atoms with van der Waals surface area (Å²) in [5.74, 6) is -1.22. The first-order valence-electron chi connectivity index (χ1n) is 5.50. The van der Waals surface area contributed by atoms with Gasteiger partial charge in [0.05, 0.1) is 6.42 Å². The molecule has 1 unspecified atom stereocenters. The molecule has 18 heavy (non-hydrogen) atoms. The number of benzene rings is 1. The number of carboxylic acid groups (broad SMARTS) is 1. The van der Waals surface area contributed by atoms with Gasteiger partial charge in [-0.1, -0.05) is 0 Å². The number of nitrogens with one attached hydrogen (secondary N) is 1. The Hall–Kier alpha value is -1.31. The number of halogens is 1. The maximum absolute atomic E-state index is 11.9. The fourth-order valence-electron chi connectivity index (χ4n) is 2.08. The van der Waals surface area contributed by atoms with Gasteiger partial charge in [-0.2, -0.15) is 0 Å². The van der Waals surface area contributed by atoms with Crippen LogP contribution in [0.2, 0.25) is 0 Å². The topological polar surface area (TPSA) is 69.6 Å². The van der Waals surface area contributed by atoms with Gasteiger partial charge in [-0.15, -0.1) is 0 Å². The molecule has 1 aromatic rings. The van der Waals surface area contributed by atoms with Crippen LogP contribution in [0, 0.1) is 3.57 Å². The molecule has 0 saturated carbocycles. The predicted octanol–water partition coefficient (Wildman–Crippen LogP) is 1.20. The number of fused-ring (bicyclic) bond motifs is 1. The number of hydrogen-bond donors (Lipinski definition) is 2. The van der Waals surface area contributed by atoms with Crippen molar-refractivity contribution < 1.29 is 14.7 Å². The molecule has 1 atom stereocenters. The molecule has 6 heteroatoms. The first-order chi connectivity index (χ1) is 8.49. The second kappa shape index (κ2) is 5.13. The highest BCUT2D eigenvalue weighted by Gasteiger charge is 2.30. The maximum atomic E-state index is 11.9. The zero-order chi connectivity index (χ0) is 13.3. The lowest BCUT2D eigenvalue weighted by Gasteiger charge is -2.26. The van der Waals surface area contributed by atoms with E-state index in [1.165, 1.54) is 0 Å². The van der Waals surface area contributed by atoms with Gasteiger partial charge >= 0.3 is 5.97 Å². The third kappa shape index (κ3) is 2.58. The molecule has 0 aromatic heterocycles. The van der Waals surface area contributed by atoms with Crippen LogP contribution in [0.4, 0.5) is 5.69 Å². The van der Waals surface area contributed by atoms with Crippen molar-refractivity contribution in [2.24, 2.45) is 0 Å². The summed E-state index contributed by atoms with van der Waals surface area (Å²) >= 11 is 2.21. The number of likely N-dealkylation sites (N-methyl/N-ethyl adjacent to an activating group) is 1. The van der Waals surface area contributed by atoms with Crippen molar-refractivity contribution in [3.63, 3.8) is 0 Å². The Morgan fingerprint density at radius 2 is 2.33 bits per heavy atom. The molecule has 1 aliphatic rings. The largest absolute Gasteiger partial charge is 0.481 e. The van der Waals surface area contributed by atoms with Gasteiger partial charge in [-0.25, -0.2) is 0 Å². The number of aliphatic carboxylic acids is 1. The lowest BCUT2D eigenvalue weighted by molar-refractivity contribution is -0.139. The van der Waals surface area contributed by atoms with Crippen molar-refractivity contribution in [3.8, 4) is 0 Å². The third-order valence-corrected chi connectivity index (χ3v) is 3.68. The second-order valence-corrected chi connectivity index (χ2v) is 5.46. The van der Waals surface area contributed by atoms with Crippen LogP contribution in [0.3, 0.4) is 0 Å². The summed E-state index contributed by atoms with van der Waals surface area (Å²) in [6.45, 7) is 0.436. The van der Waals surface area contributed by atoms with E-state index in [1.54, 1.807) is 11.9 Å². The minimum Gasteiger partial charge on any atom is -0.481 e. The van der Waals surface area contributed by atoms with Gasteiger partial charge in [-0.05, 0) is 46.4 Å².